The number of unbranched alkanes of at least 4 members (excludes halogenated alkanes) is 1. The van der Waals surface area contributed by atoms with Gasteiger partial charge in [0.25, 0.3) is 0 Å². The van der Waals surface area contributed by atoms with Gasteiger partial charge in [0.2, 0.25) is 23.6 Å². The molecule has 3 atom stereocenters. The Labute approximate surface area is 242 Å². The number of imide groups is 2. The average Bonchev–Trinajstić information content (AvgIpc) is 3.35. The molecule has 0 aliphatic carbocycles. The van der Waals surface area contributed by atoms with E-state index in [0.717, 1.165) is 15.9 Å². The predicted molar refractivity (Wildman–Crippen MR) is 146 cm³/mol. The number of benzene rings is 2. The standard InChI is InChI=1S/C30H34N2O10/c1-2-42-30(41)23(32-27(38)14-20(29(32)40)12-18-7-9-22(34)16-25(18)36)5-3-4-10-31-26(37)13-19(28(31)39)11-17-6-8-21(33)15-24(17)35/h6-9,15-16,19-20,23,33-36H,2-5,10-14H2,1H3. The van der Waals surface area contributed by atoms with Crippen LogP contribution in [-0.4, -0.2) is 79.0 Å². The summed E-state index contributed by atoms with van der Waals surface area (Å²) in [6.45, 7) is 1.75. The fraction of sp³-hybridized carbons (Fsp3) is 0.433. The second-order valence-electron chi connectivity index (χ2n) is 10.6. The van der Waals surface area contributed by atoms with E-state index in [1.807, 2.05) is 0 Å². The zero-order valence-electron chi connectivity index (χ0n) is 23.2. The first-order chi connectivity index (χ1) is 20.0. The third kappa shape index (κ3) is 6.64. The molecule has 12 nitrogen and oxygen atoms in total. The van der Waals surface area contributed by atoms with Gasteiger partial charge in [-0.2, -0.15) is 0 Å². The number of amides is 4. The van der Waals surface area contributed by atoms with Gasteiger partial charge in [-0.05, 0) is 62.3 Å². The zero-order chi connectivity index (χ0) is 30.6. The van der Waals surface area contributed by atoms with Crippen LogP contribution >= 0.6 is 0 Å². The highest BCUT2D eigenvalue weighted by Gasteiger charge is 2.45. The Morgan fingerprint density at radius 3 is 1.93 bits per heavy atom. The van der Waals surface area contributed by atoms with Gasteiger partial charge in [-0.3, -0.25) is 29.0 Å². The van der Waals surface area contributed by atoms with Crippen molar-refractivity contribution in [2.45, 2.75) is 57.9 Å². The van der Waals surface area contributed by atoms with E-state index < -0.39 is 35.7 Å². The minimum atomic E-state index is -1.17. The number of esters is 1. The van der Waals surface area contributed by atoms with Gasteiger partial charge in [0, 0.05) is 31.5 Å². The van der Waals surface area contributed by atoms with E-state index in [0.29, 0.717) is 24.0 Å². The fourth-order valence-corrected chi connectivity index (χ4v) is 5.53. The number of hydrogen-bond donors (Lipinski definition) is 4. The molecule has 0 bridgehead atoms. The van der Waals surface area contributed by atoms with Crippen molar-refractivity contribution < 1.29 is 49.1 Å². The maximum Gasteiger partial charge on any atom is 0.329 e. The Morgan fingerprint density at radius 1 is 0.833 bits per heavy atom. The summed E-state index contributed by atoms with van der Waals surface area (Å²) in [5.74, 6) is -4.61. The first kappa shape index (κ1) is 30.4. The van der Waals surface area contributed by atoms with E-state index in [1.54, 1.807) is 6.92 Å². The number of ether oxygens (including phenoxy) is 1. The smallest absolute Gasteiger partial charge is 0.329 e. The molecule has 2 aliphatic rings. The summed E-state index contributed by atoms with van der Waals surface area (Å²) < 4.78 is 5.14. The Kier molecular flexibility index (Phi) is 9.34. The van der Waals surface area contributed by atoms with Gasteiger partial charge in [0.05, 0.1) is 18.4 Å². The monoisotopic (exact) mass is 582 g/mol. The lowest BCUT2D eigenvalue weighted by Crippen LogP contribution is -2.46. The third-order valence-electron chi connectivity index (χ3n) is 7.66. The van der Waals surface area contributed by atoms with Gasteiger partial charge in [0.15, 0.2) is 0 Å². The van der Waals surface area contributed by atoms with Crippen molar-refractivity contribution in [1.29, 1.82) is 0 Å². The molecule has 2 saturated heterocycles. The van der Waals surface area contributed by atoms with Crippen LogP contribution in [0.1, 0.15) is 50.2 Å². The van der Waals surface area contributed by atoms with E-state index >= 15 is 0 Å². The number of hydrogen-bond acceptors (Lipinski definition) is 10. The molecular formula is C30H34N2O10. The summed E-state index contributed by atoms with van der Waals surface area (Å²) in [7, 11) is 0. The molecular weight excluding hydrogens is 548 g/mol. The van der Waals surface area contributed by atoms with Crippen LogP contribution < -0.4 is 0 Å². The fourth-order valence-electron chi connectivity index (χ4n) is 5.53. The Morgan fingerprint density at radius 2 is 1.38 bits per heavy atom. The molecule has 0 aromatic heterocycles. The second-order valence-corrected chi connectivity index (χ2v) is 10.6. The van der Waals surface area contributed by atoms with Crippen molar-refractivity contribution in [2.24, 2.45) is 11.8 Å². The van der Waals surface area contributed by atoms with Crippen LogP contribution in [-0.2, 0) is 41.6 Å². The van der Waals surface area contributed by atoms with Crippen molar-refractivity contribution in [3.05, 3.63) is 47.5 Å². The van der Waals surface area contributed by atoms with Crippen LogP contribution in [0.4, 0.5) is 0 Å². The van der Waals surface area contributed by atoms with Gasteiger partial charge < -0.3 is 25.2 Å². The lowest BCUT2D eigenvalue weighted by molar-refractivity contribution is -0.158. The second kappa shape index (κ2) is 12.9. The van der Waals surface area contributed by atoms with Gasteiger partial charge in [-0.25, -0.2) is 4.79 Å². The molecule has 4 amide bonds. The van der Waals surface area contributed by atoms with Crippen molar-refractivity contribution in [1.82, 2.24) is 9.80 Å². The van der Waals surface area contributed by atoms with Gasteiger partial charge >= 0.3 is 5.97 Å². The number of carbonyl (C=O) groups is 5. The first-order valence-electron chi connectivity index (χ1n) is 13.9. The number of aromatic hydroxyl groups is 4. The molecule has 0 spiro atoms. The zero-order valence-corrected chi connectivity index (χ0v) is 23.2. The molecule has 3 unspecified atom stereocenters. The van der Waals surface area contributed by atoms with Gasteiger partial charge in [-0.15, -0.1) is 0 Å². The van der Waals surface area contributed by atoms with E-state index in [2.05, 4.69) is 0 Å². The largest absolute Gasteiger partial charge is 0.508 e. The summed E-state index contributed by atoms with van der Waals surface area (Å²) in [6.07, 6.45) is 0.735. The maximum atomic E-state index is 13.2. The molecule has 2 fully saturated rings. The average molecular weight is 583 g/mol. The van der Waals surface area contributed by atoms with E-state index in [4.69, 9.17) is 4.74 Å². The van der Waals surface area contributed by atoms with Gasteiger partial charge in [0.1, 0.15) is 29.0 Å². The SMILES string of the molecule is CCOC(=O)C(CCCCN1C(=O)CC(Cc2ccc(O)cc2O)C1=O)N1C(=O)CC(Cc2ccc(O)cc2O)C1=O. The molecule has 2 aromatic rings. The van der Waals surface area contributed by atoms with E-state index in [9.17, 15) is 44.4 Å². The van der Waals surface area contributed by atoms with Crippen molar-refractivity contribution in [3.8, 4) is 23.0 Å². The topological polar surface area (TPSA) is 182 Å². The Bertz CT molecular complexity index is 1390. The number of likely N-dealkylation sites (tertiary alicyclic amines) is 2. The lowest BCUT2D eigenvalue weighted by Gasteiger charge is -2.25. The summed E-state index contributed by atoms with van der Waals surface area (Å²) in [4.78, 5) is 66.5. The first-order valence-corrected chi connectivity index (χ1v) is 13.9. The molecule has 0 radical (unpaired) electrons. The normalized spacial score (nSPS) is 19.5. The van der Waals surface area contributed by atoms with Crippen molar-refractivity contribution in [2.75, 3.05) is 13.2 Å². The molecule has 224 valence electrons. The number of phenolic OH excluding ortho intramolecular Hbond substituents is 4. The molecule has 12 heteroatoms. The van der Waals surface area contributed by atoms with Crippen molar-refractivity contribution >= 4 is 29.6 Å². The van der Waals surface area contributed by atoms with Crippen LogP contribution in [0.5, 0.6) is 23.0 Å². The molecule has 4 rings (SSSR count). The van der Waals surface area contributed by atoms with Crippen molar-refractivity contribution in [3.63, 3.8) is 0 Å². The molecule has 2 aromatic carbocycles. The highest BCUT2D eigenvalue weighted by Crippen LogP contribution is 2.32. The molecule has 0 saturated carbocycles. The minimum absolute atomic E-state index is 0.0145. The molecule has 2 heterocycles. The number of phenols is 4. The lowest BCUT2D eigenvalue weighted by atomic mass is 9.97. The predicted octanol–water partition coefficient (Wildman–Crippen LogP) is 2.15. The minimum Gasteiger partial charge on any atom is -0.508 e. The Balaban J connectivity index is 1.35. The highest BCUT2D eigenvalue weighted by molar-refractivity contribution is 6.06. The summed E-state index contributed by atoms with van der Waals surface area (Å²) in [6, 6.07) is 6.87. The Hall–Kier alpha value is -4.61. The number of nitrogens with zero attached hydrogens (tertiary/aromatic N) is 2. The summed E-state index contributed by atoms with van der Waals surface area (Å²) in [5, 5.41) is 39.1. The summed E-state index contributed by atoms with van der Waals surface area (Å²) >= 11 is 0. The number of rotatable bonds is 12. The van der Waals surface area contributed by atoms with Crippen LogP contribution in [0.25, 0.3) is 0 Å². The highest BCUT2D eigenvalue weighted by atomic mass is 16.5. The summed E-state index contributed by atoms with van der Waals surface area (Å²) in [5.41, 5.74) is 0.823. The van der Waals surface area contributed by atoms with E-state index in [1.165, 1.54) is 30.3 Å². The third-order valence-corrected chi connectivity index (χ3v) is 7.66. The molecule has 2 aliphatic heterocycles. The molecule has 4 N–H and O–H groups in total. The van der Waals surface area contributed by atoms with E-state index in [-0.39, 0.29) is 80.1 Å². The number of carbonyl (C=O) groups excluding carboxylic acids is 5. The van der Waals surface area contributed by atoms with Crippen LogP contribution in [0, 0.1) is 11.8 Å². The maximum absolute atomic E-state index is 13.2. The van der Waals surface area contributed by atoms with Crippen LogP contribution in [0.3, 0.4) is 0 Å². The van der Waals surface area contributed by atoms with Gasteiger partial charge in [-0.1, -0.05) is 12.1 Å². The van der Waals surface area contributed by atoms with Crippen LogP contribution in [0.2, 0.25) is 0 Å². The quantitative estimate of drug-likeness (QED) is 0.164. The molecule has 42 heavy (non-hydrogen) atoms. The van der Waals surface area contributed by atoms with Crippen LogP contribution in [0.15, 0.2) is 36.4 Å².